The van der Waals surface area contributed by atoms with E-state index in [1.165, 1.54) is 18.7 Å². The smallest absolute Gasteiger partial charge is 0.407 e. The number of carbonyl (C=O) groups is 6. The Morgan fingerprint density at radius 3 is 2.42 bits per heavy atom. The Labute approximate surface area is 223 Å². The number of nitrogens with one attached hydrogen (secondary N) is 2. The quantitative estimate of drug-likeness (QED) is 0.153. The highest BCUT2D eigenvalue weighted by molar-refractivity contribution is 8.00. The van der Waals surface area contributed by atoms with E-state index < -0.39 is 63.7 Å². The lowest BCUT2D eigenvalue weighted by Crippen LogP contribution is -2.70. The van der Waals surface area contributed by atoms with Gasteiger partial charge in [0.25, 0.3) is 5.91 Å². The fourth-order valence-corrected chi connectivity index (χ4v) is 4.78. The van der Waals surface area contributed by atoms with E-state index in [9.17, 15) is 39.0 Å². The van der Waals surface area contributed by atoms with Crippen LogP contribution in [0.5, 0.6) is 0 Å². The molecule has 3 atom stereocenters. The van der Waals surface area contributed by atoms with Gasteiger partial charge >= 0.3 is 24.0 Å². The molecule has 36 heavy (non-hydrogen) atoms. The summed E-state index contributed by atoms with van der Waals surface area (Å²) in [6.07, 6.45) is -1.40. The summed E-state index contributed by atoms with van der Waals surface area (Å²) in [7, 11) is 0. The first-order chi connectivity index (χ1) is 16.7. The van der Waals surface area contributed by atoms with Crippen LogP contribution < -0.4 is 10.6 Å². The highest BCUT2D eigenvalue weighted by Crippen LogP contribution is 2.40. The molecular weight excluding hydrogens is 569 g/mol. The largest absolute Gasteiger partial charge is 0.480 e. The van der Waals surface area contributed by atoms with Crippen molar-refractivity contribution in [3.8, 4) is 0 Å². The van der Waals surface area contributed by atoms with E-state index in [0.29, 0.717) is 0 Å². The molecule has 0 aromatic heterocycles. The summed E-state index contributed by atoms with van der Waals surface area (Å²) in [5.74, 6) is -4.36. The van der Waals surface area contributed by atoms with Gasteiger partial charge in [-0.15, -0.1) is 11.8 Å². The number of thioether (sulfide) groups is 1. The first-order valence-electron chi connectivity index (χ1n) is 10.3. The molecule has 13 nitrogen and oxygen atoms in total. The Morgan fingerprint density at radius 2 is 1.86 bits per heavy atom. The molecule has 0 aliphatic carbocycles. The summed E-state index contributed by atoms with van der Waals surface area (Å²) in [6, 6.07) is -2.35. The molecular formula is C19H22Cl3N3O10S. The van der Waals surface area contributed by atoms with Crippen molar-refractivity contribution < 1.29 is 48.5 Å². The molecule has 2 aliphatic heterocycles. The van der Waals surface area contributed by atoms with Gasteiger partial charge in [-0.05, 0) is 12.8 Å². The van der Waals surface area contributed by atoms with E-state index in [1.54, 1.807) is 0 Å². The number of amides is 3. The molecule has 17 heteroatoms. The minimum atomic E-state index is -1.87. The van der Waals surface area contributed by atoms with Gasteiger partial charge in [-0.2, -0.15) is 0 Å². The zero-order valence-corrected chi connectivity index (χ0v) is 21.7. The second kappa shape index (κ2) is 12.7. The lowest BCUT2D eigenvalue weighted by atomic mass is 10.0. The summed E-state index contributed by atoms with van der Waals surface area (Å²) in [5.41, 5.74) is -0.0239. The molecule has 1 unspecified atom stereocenters. The molecule has 1 saturated heterocycles. The Balaban J connectivity index is 1.87. The predicted molar refractivity (Wildman–Crippen MR) is 126 cm³/mol. The second-order valence-corrected chi connectivity index (χ2v) is 11.2. The average molecular weight is 591 g/mol. The molecule has 0 bridgehead atoms. The van der Waals surface area contributed by atoms with Crippen LogP contribution in [-0.2, 0) is 33.4 Å². The molecule has 0 saturated carbocycles. The van der Waals surface area contributed by atoms with E-state index in [4.69, 9.17) is 39.5 Å². The fourth-order valence-electron chi connectivity index (χ4n) is 3.28. The zero-order chi connectivity index (χ0) is 27.2. The highest BCUT2D eigenvalue weighted by atomic mass is 35.6. The van der Waals surface area contributed by atoms with Crippen molar-refractivity contribution in [3.63, 3.8) is 0 Å². The van der Waals surface area contributed by atoms with Crippen molar-refractivity contribution >= 4 is 82.4 Å². The number of alkyl carbamates (subject to hydrolysis) is 1. The number of hydrogen-bond acceptors (Lipinski definition) is 9. The number of carboxylic acid groups (broad SMARTS) is 2. The van der Waals surface area contributed by atoms with Crippen LogP contribution in [0, 0.1) is 0 Å². The summed E-state index contributed by atoms with van der Waals surface area (Å²) in [5, 5.41) is 22.7. The van der Waals surface area contributed by atoms with Crippen LogP contribution in [0.25, 0.3) is 0 Å². The van der Waals surface area contributed by atoms with Crippen molar-refractivity contribution in [1.82, 2.24) is 15.5 Å². The van der Waals surface area contributed by atoms with Crippen LogP contribution in [0.1, 0.15) is 26.2 Å². The maximum atomic E-state index is 12.6. The molecule has 2 heterocycles. The number of β-lactam (4-membered cyclic amide) rings is 1. The number of nitrogens with zero attached hydrogens (tertiary/aromatic N) is 1. The number of alkyl halides is 3. The van der Waals surface area contributed by atoms with Gasteiger partial charge in [0.2, 0.25) is 9.70 Å². The third kappa shape index (κ3) is 8.32. The van der Waals surface area contributed by atoms with Gasteiger partial charge in [-0.3, -0.25) is 19.3 Å². The van der Waals surface area contributed by atoms with E-state index in [0.717, 1.165) is 4.90 Å². The van der Waals surface area contributed by atoms with Gasteiger partial charge in [0, 0.05) is 24.7 Å². The van der Waals surface area contributed by atoms with Gasteiger partial charge in [0.05, 0.1) is 0 Å². The Bertz CT molecular complexity index is 971. The summed E-state index contributed by atoms with van der Waals surface area (Å²) >= 11 is 17.6. The van der Waals surface area contributed by atoms with Crippen molar-refractivity contribution in [1.29, 1.82) is 0 Å². The third-order valence-electron chi connectivity index (χ3n) is 4.87. The second-order valence-electron chi connectivity index (χ2n) is 7.61. The predicted octanol–water partition coefficient (Wildman–Crippen LogP) is 1.01. The maximum Gasteiger partial charge on any atom is 0.407 e. The number of rotatable bonds is 11. The first-order valence-corrected chi connectivity index (χ1v) is 12.4. The molecule has 0 spiro atoms. The molecule has 2 aliphatic rings. The number of carbonyl (C=O) groups excluding carboxylic acids is 4. The van der Waals surface area contributed by atoms with Gasteiger partial charge in [-0.25, -0.2) is 14.4 Å². The molecule has 0 aromatic rings. The van der Waals surface area contributed by atoms with E-state index >= 15 is 0 Å². The molecule has 0 radical (unpaired) electrons. The lowest BCUT2D eigenvalue weighted by Gasteiger charge is -2.49. The van der Waals surface area contributed by atoms with Crippen molar-refractivity contribution in [2.24, 2.45) is 0 Å². The summed E-state index contributed by atoms with van der Waals surface area (Å²) < 4.78 is 7.59. The van der Waals surface area contributed by atoms with Crippen molar-refractivity contribution in [2.45, 2.75) is 47.4 Å². The zero-order valence-electron chi connectivity index (χ0n) is 18.6. The number of hydrogen-bond donors (Lipinski definition) is 4. The minimum absolute atomic E-state index is 0.0305. The number of carboxylic acids is 2. The standard InChI is InChI=1S/C19H22Cl3N3O10S/c1-8(26)34-5-9-6-36-15-12(14(28)25(15)13(9)17(31)32)24-11(27)4-2-3-10(16(29)30)23-18(33)35-7-19(20,21)22/h10,12,15H,2-7H2,1H3,(H,23,33)(H,24,27)(H,29,30)(H,31,32)/t10-,12?,15-/m1/s1. The van der Waals surface area contributed by atoms with Crippen LogP contribution in [0.4, 0.5) is 4.79 Å². The Hall–Kier alpha value is -2.42. The maximum absolute atomic E-state index is 12.6. The van der Waals surface area contributed by atoms with Gasteiger partial charge in [0.1, 0.15) is 36.4 Å². The average Bonchev–Trinajstić information content (AvgIpc) is 2.77. The molecule has 1 fully saturated rings. The lowest BCUT2D eigenvalue weighted by molar-refractivity contribution is -0.151. The number of halogens is 3. The number of ether oxygens (including phenoxy) is 2. The van der Waals surface area contributed by atoms with Gasteiger partial charge < -0.3 is 30.3 Å². The number of esters is 1. The van der Waals surface area contributed by atoms with Crippen LogP contribution in [0.3, 0.4) is 0 Å². The molecule has 3 amide bonds. The third-order valence-corrected chi connectivity index (χ3v) is 6.54. The SMILES string of the molecule is CC(=O)OCC1=C(C(=O)O)N2C(=O)C(NC(=O)CCC[C@@H](NC(=O)OCC(Cl)(Cl)Cl)C(=O)O)[C@H]2SC1. The fraction of sp³-hybridized carbons (Fsp3) is 0.579. The Kier molecular flexibility index (Phi) is 10.5. The van der Waals surface area contributed by atoms with Gasteiger partial charge in [-0.1, -0.05) is 34.8 Å². The molecule has 0 aromatic carbocycles. The number of aliphatic carboxylic acids is 2. The summed E-state index contributed by atoms with van der Waals surface area (Å²) in [6.45, 7) is 0.301. The highest BCUT2D eigenvalue weighted by Gasteiger charge is 2.54. The molecule has 4 N–H and O–H groups in total. The van der Waals surface area contributed by atoms with Crippen LogP contribution in [-0.4, -0.2) is 91.1 Å². The van der Waals surface area contributed by atoms with E-state index in [1.807, 2.05) is 0 Å². The first kappa shape index (κ1) is 29.8. The van der Waals surface area contributed by atoms with Gasteiger partial charge in [0.15, 0.2) is 0 Å². The van der Waals surface area contributed by atoms with Crippen LogP contribution >= 0.6 is 46.6 Å². The summed E-state index contributed by atoms with van der Waals surface area (Å²) in [4.78, 5) is 71.7. The molecule has 2 rings (SSSR count). The minimum Gasteiger partial charge on any atom is -0.480 e. The molecule has 200 valence electrons. The van der Waals surface area contributed by atoms with E-state index in [2.05, 4.69) is 15.4 Å². The topological polar surface area (TPSA) is 189 Å². The number of fused-ring (bicyclic) bond motifs is 1. The Morgan fingerprint density at radius 1 is 1.19 bits per heavy atom. The van der Waals surface area contributed by atoms with Crippen molar-refractivity contribution in [3.05, 3.63) is 11.3 Å². The monoisotopic (exact) mass is 589 g/mol. The van der Waals surface area contributed by atoms with Crippen molar-refractivity contribution in [2.75, 3.05) is 19.0 Å². The normalized spacial score (nSPS) is 20.0. The van der Waals surface area contributed by atoms with Crippen LogP contribution in [0.15, 0.2) is 11.3 Å². The van der Waals surface area contributed by atoms with E-state index in [-0.39, 0.29) is 42.9 Å². The van der Waals surface area contributed by atoms with Crippen LogP contribution in [0.2, 0.25) is 0 Å².